The van der Waals surface area contributed by atoms with Crippen molar-refractivity contribution in [2.45, 2.75) is 31.8 Å². The first-order valence-electron chi connectivity index (χ1n) is 11.6. The molecule has 8 heteroatoms. The lowest BCUT2D eigenvalue weighted by Gasteiger charge is -2.25. The third-order valence-corrected chi connectivity index (χ3v) is 7.39. The Morgan fingerprint density at radius 1 is 1.09 bits per heavy atom. The van der Waals surface area contributed by atoms with Crippen LogP contribution >= 0.6 is 11.3 Å². The zero-order chi connectivity index (χ0) is 23.1. The van der Waals surface area contributed by atoms with Gasteiger partial charge in [0.2, 0.25) is 0 Å². The summed E-state index contributed by atoms with van der Waals surface area (Å²) in [7, 11) is 0. The van der Waals surface area contributed by atoms with E-state index in [0.717, 1.165) is 48.4 Å². The molecule has 34 heavy (non-hydrogen) atoms. The molecule has 1 fully saturated rings. The number of hydrogen-bond donors (Lipinski definition) is 1. The molecule has 0 radical (unpaired) electrons. The highest BCUT2D eigenvalue weighted by Gasteiger charge is 2.28. The normalized spacial score (nSPS) is 18.3. The highest BCUT2D eigenvalue weighted by Crippen LogP contribution is 2.38. The number of benzene rings is 2. The highest BCUT2D eigenvalue weighted by atomic mass is 32.1. The fraction of sp³-hybridized carbons (Fsp3) is 0.308. The van der Waals surface area contributed by atoms with Gasteiger partial charge in [0.05, 0.1) is 25.1 Å². The van der Waals surface area contributed by atoms with Crippen molar-refractivity contribution in [1.82, 2.24) is 14.9 Å². The van der Waals surface area contributed by atoms with E-state index >= 15 is 0 Å². The molecular formula is C26H24FN3O3S. The van der Waals surface area contributed by atoms with Crippen molar-refractivity contribution in [1.29, 1.82) is 0 Å². The minimum absolute atomic E-state index is 0.160. The molecule has 6 nitrogen and oxygen atoms in total. The molecule has 0 bridgehead atoms. The summed E-state index contributed by atoms with van der Waals surface area (Å²) in [5, 5.41) is 2.47. The number of aromatic amines is 1. The molecule has 2 aromatic heterocycles. The summed E-state index contributed by atoms with van der Waals surface area (Å²) < 4.78 is 25.0. The fourth-order valence-corrected chi connectivity index (χ4v) is 5.85. The minimum atomic E-state index is -0.300. The van der Waals surface area contributed by atoms with E-state index in [2.05, 4.69) is 22.0 Å². The first-order chi connectivity index (χ1) is 16.7. The molecule has 4 heterocycles. The molecule has 2 aliphatic rings. The lowest BCUT2D eigenvalue weighted by atomic mass is 10.0. The Bertz CT molecular complexity index is 1400. The number of H-pyrrole nitrogens is 1. The van der Waals surface area contributed by atoms with Crippen molar-refractivity contribution in [2.75, 3.05) is 19.8 Å². The van der Waals surface area contributed by atoms with E-state index in [1.807, 2.05) is 11.4 Å². The standard InChI is InChI=1S/C26H24FN3O3S/c27-18-7-4-16(5-8-18)19-15-34-26-24(19)25(31)28-23(29-26)14-30-10-1-3-20(30)17-6-9-21-22(13-17)33-12-2-11-32-21/h4-9,13,15,20H,1-3,10-12,14H2,(H,28,29,31)/t20-/m0/s1. The molecule has 174 valence electrons. The SMILES string of the molecule is O=c1[nH]c(CN2CCC[C@H]2c2ccc3c(c2)OCCCO3)nc2scc(-c3ccc(F)cc3)c12. The van der Waals surface area contributed by atoms with Crippen molar-refractivity contribution in [3.8, 4) is 22.6 Å². The number of aromatic nitrogens is 2. The van der Waals surface area contributed by atoms with Gasteiger partial charge in [-0.1, -0.05) is 18.2 Å². The molecule has 4 aromatic rings. The molecule has 1 N–H and O–H groups in total. The Morgan fingerprint density at radius 2 is 1.91 bits per heavy atom. The number of thiophene rings is 1. The van der Waals surface area contributed by atoms with Crippen LogP contribution in [0.1, 0.15) is 36.7 Å². The number of nitrogens with zero attached hydrogens (tertiary/aromatic N) is 2. The Balaban J connectivity index is 1.27. The lowest BCUT2D eigenvalue weighted by molar-refractivity contribution is 0.241. The van der Waals surface area contributed by atoms with Crippen LogP contribution in [0.3, 0.4) is 0 Å². The molecule has 2 aliphatic heterocycles. The molecular weight excluding hydrogens is 453 g/mol. The molecule has 0 aliphatic carbocycles. The maximum atomic E-state index is 13.3. The zero-order valence-electron chi connectivity index (χ0n) is 18.6. The number of hydrogen-bond acceptors (Lipinski definition) is 6. The third kappa shape index (κ3) is 3.97. The van der Waals surface area contributed by atoms with E-state index in [9.17, 15) is 9.18 Å². The second kappa shape index (κ2) is 8.85. The van der Waals surface area contributed by atoms with Gasteiger partial charge in [-0.2, -0.15) is 0 Å². The van der Waals surface area contributed by atoms with Crippen molar-refractivity contribution in [2.24, 2.45) is 0 Å². The maximum absolute atomic E-state index is 13.3. The minimum Gasteiger partial charge on any atom is -0.490 e. The van der Waals surface area contributed by atoms with Crippen LogP contribution in [0.4, 0.5) is 4.39 Å². The van der Waals surface area contributed by atoms with Crippen LogP contribution < -0.4 is 15.0 Å². The third-order valence-electron chi connectivity index (χ3n) is 6.52. The average molecular weight is 478 g/mol. The number of halogens is 1. The molecule has 6 rings (SSSR count). The van der Waals surface area contributed by atoms with E-state index in [-0.39, 0.29) is 17.4 Å². The predicted octanol–water partition coefficient (Wildman–Crippen LogP) is 5.29. The van der Waals surface area contributed by atoms with E-state index < -0.39 is 0 Å². The summed E-state index contributed by atoms with van der Waals surface area (Å²) in [6.45, 7) is 2.84. The summed E-state index contributed by atoms with van der Waals surface area (Å²) >= 11 is 1.44. The van der Waals surface area contributed by atoms with E-state index in [0.29, 0.717) is 35.8 Å². The molecule has 1 saturated heterocycles. The van der Waals surface area contributed by atoms with E-state index in [1.165, 1.54) is 29.0 Å². The van der Waals surface area contributed by atoms with Crippen LogP contribution in [0, 0.1) is 5.82 Å². The van der Waals surface area contributed by atoms with Crippen molar-refractivity contribution < 1.29 is 13.9 Å². The highest BCUT2D eigenvalue weighted by molar-refractivity contribution is 7.17. The molecule has 0 amide bonds. The smallest absolute Gasteiger partial charge is 0.260 e. The largest absolute Gasteiger partial charge is 0.490 e. The summed E-state index contributed by atoms with van der Waals surface area (Å²) in [4.78, 5) is 23.9. The van der Waals surface area contributed by atoms with Crippen LogP contribution in [0.25, 0.3) is 21.3 Å². The van der Waals surface area contributed by atoms with Gasteiger partial charge in [-0.05, 0) is 54.8 Å². The van der Waals surface area contributed by atoms with Crippen molar-refractivity contribution >= 4 is 21.6 Å². The van der Waals surface area contributed by atoms with Crippen LogP contribution in [0.15, 0.2) is 52.6 Å². The molecule has 0 saturated carbocycles. The molecule has 2 aromatic carbocycles. The molecule has 1 atom stereocenters. The maximum Gasteiger partial charge on any atom is 0.260 e. The number of ether oxygens (including phenoxy) is 2. The lowest BCUT2D eigenvalue weighted by Crippen LogP contribution is -2.25. The first-order valence-corrected chi connectivity index (χ1v) is 12.4. The van der Waals surface area contributed by atoms with E-state index in [1.54, 1.807) is 12.1 Å². The van der Waals surface area contributed by atoms with Crippen LogP contribution in [0.2, 0.25) is 0 Å². The van der Waals surface area contributed by atoms with Gasteiger partial charge in [-0.25, -0.2) is 9.37 Å². The summed E-state index contributed by atoms with van der Waals surface area (Å²) in [5.74, 6) is 1.97. The summed E-state index contributed by atoms with van der Waals surface area (Å²) in [5.41, 5.74) is 2.63. The first kappa shape index (κ1) is 21.3. The van der Waals surface area contributed by atoms with Gasteiger partial charge in [0, 0.05) is 23.4 Å². The summed E-state index contributed by atoms with van der Waals surface area (Å²) in [6, 6.07) is 12.6. The van der Waals surface area contributed by atoms with Crippen LogP contribution in [-0.4, -0.2) is 34.6 Å². The number of rotatable bonds is 4. The van der Waals surface area contributed by atoms with E-state index in [4.69, 9.17) is 14.5 Å². The molecule has 0 spiro atoms. The molecule has 0 unspecified atom stereocenters. The van der Waals surface area contributed by atoms with Gasteiger partial charge in [0.15, 0.2) is 11.5 Å². The second-order valence-electron chi connectivity index (χ2n) is 8.73. The Hall–Kier alpha value is -3.23. The van der Waals surface area contributed by atoms with Gasteiger partial charge in [-0.15, -0.1) is 11.3 Å². The Kier molecular flexibility index (Phi) is 5.55. The number of likely N-dealkylation sites (tertiary alicyclic amines) is 1. The number of nitrogens with one attached hydrogen (secondary N) is 1. The average Bonchev–Trinajstić information content (AvgIpc) is 3.40. The van der Waals surface area contributed by atoms with Crippen LogP contribution in [0.5, 0.6) is 11.5 Å². The van der Waals surface area contributed by atoms with Gasteiger partial charge in [0.1, 0.15) is 16.5 Å². The van der Waals surface area contributed by atoms with Gasteiger partial charge in [0.25, 0.3) is 5.56 Å². The summed E-state index contributed by atoms with van der Waals surface area (Å²) in [6.07, 6.45) is 3.01. The van der Waals surface area contributed by atoms with Gasteiger partial charge < -0.3 is 14.5 Å². The Labute approximate surface area is 200 Å². The Morgan fingerprint density at radius 3 is 2.76 bits per heavy atom. The second-order valence-corrected chi connectivity index (χ2v) is 9.59. The fourth-order valence-electron chi connectivity index (χ4n) is 4.88. The monoisotopic (exact) mass is 477 g/mol. The van der Waals surface area contributed by atoms with Gasteiger partial charge in [-0.3, -0.25) is 9.69 Å². The quantitative estimate of drug-likeness (QED) is 0.433. The predicted molar refractivity (Wildman–Crippen MR) is 130 cm³/mol. The number of fused-ring (bicyclic) bond motifs is 2. The van der Waals surface area contributed by atoms with Gasteiger partial charge >= 0.3 is 0 Å². The zero-order valence-corrected chi connectivity index (χ0v) is 19.4. The topological polar surface area (TPSA) is 67.5 Å². The van der Waals surface area contributed by atoms with Crippen molar-refractivity contribution in [3.05, 3.63) is 75.4 Å². The van der Waals surface area contributed by atoms with Crippen LogP contribution in [-0.2, 0) is 6.54 Å². The van der Waals surface area contributed by atoms with Crippen molar-refractivity contribution in [3.63, 3.8) is 0 Å².